The molecule has 27 heavy (non-hydrogen) atoms. The quantitative estimate of drug-likeness (QED) is 0.516. The summed E-state index contributed by atoms with van der Waals surface area (Å²) >= 11 is 0. The lowest BCUT2D eigenvalue weighted by molar-refractivity contribution is 0.327. The molecule has 1 aromatic carbocycles. The van der Waals surface area contributed by atoms with Gasteiger partial charge in [-0.1, -0.05) is 86.6 Å². The van der Waals surface area contributed by atoms with Gasteiger partial charge in [0.1, 0.15) is 0 Å². The van der Waals surface area contributed by atoms with E-state index in [9.17, 15) is 0 Å². The summed E-state index contributed by atoms with van der Waals surface area (Å²) in [5.41, 5.74) is 9.56. The Morgan fingerprint density at radius 2 is 1.44 bits per heavy atom. The van der Waals surface area contributed by atoms with Gasteiger partial charge in [-0.15, -0.1) is 0 Å². The molecule has 0 spiro atoms. The van der Waals surface area contributed by atoms with Crippen LogP contribution in [-0.4, -0.2) is 0 Å². The molecule has 5 rings (SSSR count). The number of allylic oxidation sites excluding steroid dienone is 7. The molecule has 0 nitrogen and oxygen atoms in total. The second-order valence-electron chi connectivity index (χ2n) is 8.97. The Labute approximate surface area is 164 Å². The third kappa shape index (κ3) is 3.28. The van der Waals surface area contributed by atoms with Crippen LogP contribution in [0.4, 0.5) is 0 Å². The van der Waals surface area contributed by atoms with E-state index in [1.165, 1.54) is 80.9 Å². The number of hydrogen-bond donors (Lipinski definition) is 0. The van der Waals surface area contributed by atoms with Crippen LogP contribution in [0.15, 0.2) is 59.2 Å². The van der Waals surface area contributed by atoms with Crippen molar-refractivity contribution in [3.8, 4) is 0 Å². The van der Waals surface area contributed by atoms with Crippen LogP contribution in [0.1, 0.15) is 81.8 Å². The molecule has 0 N–H and O–H groups in total. The molecular formula is C27H32. The highest BCUT2D eigenvalue weighted by atomic mass is 14.4. The molecule has 140 valence electrons. The predicted octanol–water partition coefficient (Wildman–Crippen LogP) is 7.88. The van der Waals surface area contributed by atoms with Crippen LogP contribution in [-0.2, 0) is 0 Å². The fourth-order valence-corrected chi connectivity index (χ4v) is 6.00. The first kappa shape index (κ1) is 17.3. The second kappa shape index (κ2) is 7.66. The Hall–Kier alpha value is -1.82. The Bertz CT molecular complexity index is 797. The van der Waals surface area contributed by atoms with Crippen molar-refractivity contribution in [1.29, 1.82) is 0 Å². The lowest BCUT2D eigenvalue weighted by Crippen LogP contribution is -2.20. The summed E-state index contributed by atoms with van der Waals surface area (Å²) in [4.78, 5) is 0. The first-order valence-electron chi connectivity index (χ1n) is 11.3. The molecule has 0 bridgehead atoms. The molecule has 0 aromatic heterocycles. The minimum Gasteiger partial charge on any atom is -0.0801 e. The number of benzene rings is 1. The van der Waals surface area contributed by atoms with E-state index in [-0.39, 0.29) is 0 Å². The first-order valence-corrected chi connectivity index (χ1v) is 11.3. The van der Waals surface area contributed by atoms with Gasteiger partial charge in [0.2, 0.25) is 0 Å². The standard InChI is InChI=1S/C27H32/c1-3-13-21(14-4-1)26(22-15-5-2-6-16-22)27-24-18-10-9-17-23(24)19-25(27)20-11-7-8-12-20/h7-11,17-19,21-22H,1-6,12-16H2. The summed E-state index contributed by atoms with van der Waals surface area (Å²) in [6, 6.07) is 9.17. The van der Waals surface area contributed by atoms with Crippen molar-refractivity contribution in [1.82, 2.24) is 0 Å². The Morgan fingerprint density at radius 1 is 0.778 bits per heavy atom. The van der Waals surface area contributed by atoms with Crippen molar-refractivity contribution >= 4 is 11.6 Å². The van der Waals surface area contributed by atoms with E-state index in [0.717, 1.165) is 18.3 Å². The zero-order valence-electron chi connectivity index (χ0n) is 16.6. The van der Waals surface area contributed by atoms with Crippen LogP contribution in [0.2, 0.25) is 0 Å². The SMILES string of the molecule is C1=CCC(C2=Cc3ccccc3C2=C(C2CCCCC2)C2CCCCC2)=C1. The minimum absolute atomic E-state index is 0.821. The average Bonchev–Trinajstić information content (AvgIpc) is 3.38. The zero-order valence-corrected chi connectivity index (χ0v) is 16.6. The highest BCUT2D eigenvalue weighted by molar-refractivity contribution is 6.00. The van der Waals surface area contributed by atoms with Gasteiger partial charge in [0.05, 0.1) is 0 Å². The molecule has 4 aliphatic rings. The number of fused-ring (bicyclic) bond motifs is 1. The monoisotopic (exact) mass is 356 g/mol. The lowest BCUT2D eigenvalue weighted by atomic mass is 9.70. The molecule has 0 amide bonds. The van der Waals surface area contributed by atoms with Gasteiger partial charge in [-0.25, -0.2) is 0 Å². The highest BCUT2D eigenvalue weighted by Gasteiger charge is 2.33. The van der Waals surface area contributed by atoms with Crippen molar-refractivity contribution in [3.05, 3.63) is 70.3 Å². The van der Waals surface area contributed by atoms with E-state index in [1.807, 2.05) is 5.57 Å². The van der Waals surface area contributed by atoms with E-state index in [2.05, 4.69) is 48.6 Å². The normalized spacial score (nSPS) is 23.3. The van der Waals surface area contributed by atoms with E-state index >= 15 is 0 Å². The second-order valence-corrected chi connectivity index (χ2v) is 8.97. The van der Waals surface area contributed by atoms with Gasteiger partial charge in [-0.05, 0) is 77.9 Å². The fourth-order valence-electron chi connectivity index (χ4n) is 6.00. The van der Waals surface area contributed by atoms with Gasteiger partial charge in [0.15, 0.2) is 0 Å². The van der Waals surface area contributed by atoms with E-state index < -0.39 is 0 Å². The van der Waals surface area contributed by atoms with Crippen LogP contribution in [0, 0.1) is 11.8 Å². The first-order chi connectivity index (χ1) is 13.4. The van der Waals surface area contributed by atoms with Gasteiger partial charge >= 0.3 is 0 Å². The molecule has 0 radical (unpaired) electrons. The molecule has 0 heteroatoms. The third-order valence-corrected chi connectivity index (χ3v) is 7.30. The maximum absolute atomic E-state index is 2.50. The highest BCUT2D eigenvalue weighted by Crippen LogP contribution is 2.50. The largest absolute Gasteiger partial charge is 0.0801 e. The topological polar surface area (TPSA) is 0 Å². The fraction of sp³-hybridized carbons (Fsp3) is 0.481. The average molecular weight is 357 g/mol. The van der Waals surface area contributed by atoms with Crippen LogP contribution in [0.25, 0.3) is 11.6 Å². The molecule has 0 saturated heterocycles. The van der Waals surface area contributed by atoms with Crippen molar-refractivity contribution in [2.45, 2.75) is 70.6 Å². The van der Waals surface area contributed by atoms with Crippen molar-refractivity contribution in [3.63, 3.8) is 0 Å². The summed E-state index contributed by atoms with van der Waals surface area (Å²) in [5, 5.41) is 0. The maximum atomic E-state index is 2.50. The maximum Gasteiger partial charge on any atom is -0.00882 e. The summed E-state index contributed by atoms with van der Waals surface area (Å²) in [6.07, 6.45) is 24.8. The lowest BCUT2D eigenvalue weighted by Gasteiger charge is -2.35. The molecular weight excluding hydrogens is 324 g/mol. The van der Waals surface area contributed by atoms with Crippen molar-refractivity contribution < 1.29 is 0 Å². The van der Waals surface area contributed by atoms with Gasteiger partial charge in [0, 0.05) is 0 Å². The summed E-state index contributed by atoms with van der Waals surface area (Å²) < 4.78 is 0. The van der Waals surface area contributed by atoms with E-state index in [1.54, 1.807) is 11.1 Å². The van der Waals surface area contributed by atoms with Crippen LogP contribution in [0.5, 0.6) is 0 Å². The Kier molecular flexibility index (Phi) is 4.91. The minimum atomic E-state index is 0.821. The van der Waals surface area contributed by atoms with Crippen molar-refractivity contribution in [2.24, 2.45) is 11.8 Å². The molecule has 2 saturated carbocycles. The van der Waals surface area contributed by atoms with Crippen LogP contribution >= 0.6 is 0 Å². The van der Waals surface area contributed by atoms with E-state index in [4.69, 9.17) is 0 Å². The number of hydrogen-bond acceptors (Lipinski definition) is 0. The van der Waals surface area contributed by atoms with Gasteiger partial charge < -0.3 is 0 Å². The molecule has 0 heterocycles. The van der Waals surface area contributed by atoms with Gasteiger partial charge in [-0.3, -0.25) is 0 Å². The van der Waals surface area contributed by atoms with Crippen molar-refractivity contribution in [2.75, 3.05) is 0 Å². The van der Waals surface area contributed by atoms with Crippen LogP contribution in [0.3, 0.4) is 0 Å². The smallest absolute Gasteiger partial charge is 0.00882 e. The Balaban J connectivity index is 1.67. The molecule has 1 aromatic rings. The molecule has 4 aliphatic carbocycles. The van der Waals surface area contributed by atoms with Gasteiger partial charge in [0.25, 0.3) is 0 Å². The Morgan fingerprint density at radius 3 is 2.07 bits per heavy atom. The molecule has 0 aliphatic heterocycles. The molecule has 2 fully saturated rings. The summed E-state index contributed by atoms with van der Waals surface area (Å²) in [5.74, 6) is 1.64. The third-order valence-electron chi connectivity index (χ3n) is 7.30. The van der Waals surface area contributed by atoms with E-state index in [0.29, 0.717) is 0 Å². The van der Waals surface area contributed by atoms with Gasteiger partial charge in [-0.2, -0.15) is 0 Å². The molecule has 0 atom stereocenters. The number of rotatable bonds is 3. The molecule has 0 unspecified atom stereocenters. The summed E-state index contributed by atoms with van der Waals surface area (Å²) in [6.45, 7) is 0. The zero-order chi connectivity index (χ0) is 18.1. The predicted molar refractivity (Wildman–Crippen MR) is 116 cm³/mol. The summed E-state index contributed by atoms with van der Waals surface area (Å²) in [7, 11) is 0. The van der Waals surface area contributed by atoms with Crippen LogP contribution < -0.4 is 0 Å².